The van der Waals surface area contributed by atoms with E-state index in [-0.39, 0.29) is 33.9 Å². The number of amides is 1. The Balaban J connectivity index is 1.96. The lowest BCUT2D eigenvalue weighted by atomic mass is 9.94. The quantitative estimate of drug-likeness (QED) is 0.290. The third-order valence-electron chi connectivity index (χ3n) is 5.78. The van der Waals surface area contributed by atoms with Gasteiger partial charge < -0.3 is 19.7 Å². The predicted molar refractivity (Wildman–Crippen MR) is 124 cm³/mol. The van der Waals surface area contributed by atoms with Crippen molar-refractivity contribution in [2.24, 2.45) is 0 Å². The number of hydrogen-bond acceptors (Lipinski definition) is 6. The number of alkyl halides is 3. The number of ether oxygens (including phenoxy) is 2. The van der Waals surface area contributed by atoms with Crippen LogP contribution in [0.15, 0.2) is 72.3 Å². The maximum absolute atomic E-state index is 13.4. The maximum atomic E-state index is 13.4. The van der Waals surface area contributed by atoms with Crippen LogP contribution in [0.2, 0.25) is 0 Å². The number of phenols is 1. The molecule has 1 amide bonds. The summed E-state index contributed by atoms with van der Waals surface area (Å²) in [6.45, 7) is 0. The van der Waals surface area contributed by atoms with Crippen LogP contribution in [0.4, 0.5) is 18.9 Å². The van der Waals surface area contributed by atoms with Gasteiger partial charge >= 0.3 is 6.18 Å². The SMILES string of the molecule is COc1ccc(/C(O)=C2\C(=O)C(=O)N(c3cccc(C(F)(F)F)c3)C2c2ccc(O)c(OC)c2)cc1. The van der Waals surface area contributed by atoms with Crippen molar-refractivity contribution in [2.45, 2.75) is 12.2 Å². The molecule has 2 N–H and O–H groups in total. The number of aromatic hydroxyl groups is 1. The van der Waals surface area contributed by atoms with Gasteiger partial charge in [-0.25, -0.2) is 0 Å². The Morgan fingerprint density at radius 2 is 1.64 bits per heavy atom. The molecule has 186 valence electrons. The topological polar surface area (TPSA) is 96.3 Å². The number of rotatable bonds is 5. The van der Waals surface area contributed by atoms with Crippen LogP contribution in [0, 0.1) is 0 Å². The third-order valence-corrected chi connectivity index (χ3v) is 5.78. The smallest absolute Gasteiger partial charge is 0.416 e. The van der Waals surface area contributed by atoms with Gasteiger partial charge in [-0.3, -0.25) is 14.5 Å². The molecule has 0 spiro atoms. The van der Waals surface area contributed by atoms with Crippen molar-refractivity contribution in [3.8, 4) is 17.2 Å². The molecule has 0 bridgehead atoms. The van der Waals surface area contributed by atoms with Gasteiger partial charge in [0.2, 0.25) is 0 Å². The first-order valence-electron chi connectivity index (χ1n) is 10.6. The van der Waals surface area contributed by atoms with Crippen molar-refractivity contribution < 1.29 is 42.4 Å². The van der Waals surface area contributed by atoms with E-state index >= 15 is 0 Å². The van der Waals surface area contributed by atoms with E-state index in [0.29, 0.717) is 5.75 Å². The molecule has 3 aromatic rings. The minimum Gasteiger partial charge on any atom is -0.507 e. The first kappa shape index (κ1) is 24.6. The van der Waals surface area contributed by atoms with Crippen molar-refractivity contribution in [3.05, 3.63) is 89.0 Å². The number of Topliss-reactive ketones (excluding diaryl/α,β-unsaturated/α-hetero) is 1. The van der Waals surface area contributed by atoms with Gasteiger partial charge in [0, 0.05) is 11.3 Å². The molecular weight excluding hydrogens is 479 g/mol. The zero-order chi connectivity index (χ0) is 26.2. The summed E-state index contributed by atoms with van der Waals surface area (Å²) < 4.78 is 50.4. The molecule has 1 saturated heterocycles. The summed E-state index contributed by atoms with van der Waals surface area (Å²) in [5.74, 6) is -2.48. The molecule has 1 aliphatic rings. The summed E-state index contributed by atoms with van der Waals surface area (Å²) in [6.07, 6.45) is -4.69. The number of ketones is 1. The van der Waals surface area contributed by atoms with Crippen molar-refractivity contribution in [1.29, 1.82) is 0 Å². The van der Waals surface area contributed by atoms with Crippen molar-refractivity contribution in [3.63, 3.8) is 0 Å². The van der Waals surface area contributed by atoms with E-state index in [1.807, 2.05) is 0 Å². The number of hydrogen-bond donors (Lipinski definition) is 2. The average molecular weight is 499 g/mol. The summed E-state index contributed by atoms with van der Waals surface area (Å²) >= 11 is 0. The second-order valence-electron chi connectivity index (χ2n) is 7.88. The Hall–Kier alpha value is -4.47. The van der Waals surface area contributed by atoms with Gasteiger partial charge in [0.05, 0.1) is 31.4 Å². The number of nitrogens with zero attached hydrogens (tertiary/aromatic N) is 1. The van der Waals surface area contributed by atoms with Gasteiger partial charge in [-0.1, -0.05) is 12.1 Å². The number of carbonyl (C=O) groups is 2. The number of methoxy groups -OCH3 is 2. The number of aliphatic hydroxyl groups excluding tert-OH is 1. The molecule has 3 aromatic carbocycles. The molecule has 4 rings (SSSR count). The van der Waals surface area contributed by atoms with Crippen molar-refractivity contribution in [1.82, 2.24) is 0 Å². The van der Waals surface area contributed by atoms with Crippen LogP contribution in [0.25, 0.3) is 5.76 Å². The second-order valence-corrected chi connectivity index (χ2v) is 7.88. The molecule has 7 nitrogen and oxygen atoms in total. The summed E-state index contributed by atoms with van der Waals surface area (Å²) in [6, 6.07) is 12.7. The fraction of sp³-hybridized carbons (Fsp3) is 0.154. The molecule has 0 saturated carbocycles. The number of phenolic OH excluding ortho intramolecular Hbond substituents is 1. The zero-order valence-corrected chi connectivity index (χ0v) is 19.0. The summed E-state index contributed by atoms with van der Waals surface area (Å²) in [5.41, 5.74) is -1.14. The largest absolute Gasteiger partial charge is 0.507 e. The number of benzene rings is 3. The van der Waals surface area contributed by atoms with Gasteiger partial charge in [-0.05, 0) is 60.2 Å². The van der Waals surface area contributed by atoms with E-state index in [9.17, 15) is 33.0 Å². The molecule has 1 heterocycles. The van der Waals surface area contributed by atoms with Gasteiger partial charge in [0.25, 0.3) is 11.7 Å². The first-order chi connectivity index (χ1) is 17.1. The number of carbonyl (C=O) groups excluding carboxylic acids is 2. The van der Waals surface area contributed by atoms with Crippen LogP contribution < -0.4 is 14.4 Å². The van der Waals surface area contributed by atoms with Crippen LogP contribution in [0.3, 0.4) is 0 Å². The zero-order valence-electron chi connectivity index (χ0n) is 19.0. The van der Waals surface area contributed by atoms with Crippen LogP contribution in [0.5, 0.6) is 17.2 Å². The fourth-order valence-electron chi connectivity index (χ4n) is 4.02. The first-order valence-corrected chi connectivity index (χ1v) is 10.6. The average Bonchev–Trinajstić information content (AvgIpc) is 3.13. The van der Waals surface area contributed by atoms with Gasteiger partial charge in [-0.15, -0.1) is 0 Å². The molecule has 1 aliphatic heterocycles. The minimum absolute atomic E-state index is 0.00609. The van der Waals surface area contributed by atoms with Gasteiger partial charge in [0.15, 0.2) is 11.5 Å². The Bertz CT molecular complexity index is 1360. The summed E-state index contributed by atoms with van der Waals surface area (Å²) in [5, 5.41) is 21.1. The van der Waals surface area contributed by atoms with Crippen molar-refractivity contribution >= 4 is 23.1 Å². The van der Waals surface area contributed by atoms with E-state index in [1.165, 1.54) is 62.8 Å². The minimum atomic E-state index is -4.69. The number of aliphatic hydroxyl groups is 1. The normalized spacial score (nSPS) is 17.4. The van der Waals surface area contributed by atoms with E-state index in [0.717, 1.165) is 23.1 Å². The molecule has 0 aromatic heterocycles. The molecular formula is C26H20F3NO6. The molecule has 10 heteroatoms. The van der Waals surface area contributed by atoms with Crippen LogP contribution >= 0.6 is 0 Å². The van der Waals surface area contributed by atoms with Gasteiger partial charge in [-0.2, -0.15) is 13.2 Å². The van der Waals surface area contributed by atoms with E-state index < -0.39 is 35.2 Å². The third kappa shape index (κ3) is 4.33. The lowest BCUT2D eigenvalue weighted by molar-refractivity contribution is -0.137. The monoisotopic (exact) mass is 499 g/mol. The Morgan fingerprint density at radius 1 is 0.944 bits per heavy atom. The van der Waals surface area contributed by atoms with Crippen molar-refractivity contribution in [2.75, 3.05) is 19.1 Å². The summed E-state index contributed by atoms with van der Waals surface area (Å²) in [4.78, 5) is 27.2. The highest BCUT2D eigenvalue weighted by Crippen LogP contribution is 2.45. The van der Waals surface area contributed by atoms with Crippen LogP contribution in [-0.4, -0.2) is 36.1 Å². The fourth-order valence-corrected chi connectivity index (χ4v) is 4.02. The molecule has 36 heavy (non-hydrogen) atoms. The highest BCUT2D eigenvalue weighted by molar-refractivity contribution is 6.51. The maximum Gasteiger partial charge on any atom is 0.416 e. The lowest BCUT2D eigenvalue weighted by Gasteiger charge is -2.26. The molecule has 1 fully saturated rings. The number of halogens is 3. The summed E-state index contributed by atoms with van der Waals surface area (Å²) in [7, 11) is 2.74. The molecule has 0 radical (unpaired) electrons. The molecule has 0 aliphatic carbocycles. The Kier molecular flexibility index (Phi) is 6.36. The van der Waals surface area contributed by atoms with E-state index in [1.54, 1.807) is 0 Å². The van der Waals surface area contributed by atoms with Gasteiger partial charge in [0.1, 0.15) is 11.5 Å². The second kappa shape index (κ2) is 9.29. The number of anilines is 1. The highest BCUT2D eigenvalue weighted by Gasteiger charge is 2.47. The van der Waals surface area contributed by atoms with E-state index in [4.69, 9.17) is 9.47 Å². The standard InChI is InChI=1S/C26H20F3NO6/c1-35-18-9-6-14(7-10-18)23(32)21-22(15-8-11-19(31)20(12-15)36-2)30(25(34)24(21)33)17-5-3-4-16(13-17)26(27,28)29/h3-13,22,31-32H,1-2H3/b23-21+. The highest BCUT2D eigenvalue weighted by atomic mass is 19.4. The molecule has 1 unspecified atom stereocenters. The predicted octanol–water partition coefficient (Wildman–Crippen LogP) is 5.05. The molecule has 1 atom stereocenters. The Morgan fingerprint density at radius 3 is 2.25 bits per heavy atom. The van der Waals surface area contributed by atoms with Crippen LogP contribution in [0.1, 0.15) is 22.7 Å². The van der Waals surface area contributed by atoms with E-state index in [2.05, 4.69) is 0 Å². The lowest BCUT2D eigenvalue weighted by Crippen LogP contribution is -2.29. The Labute approximate surface area is 203 Å². The van der Waals surface area contributed by atoms with Crippen LogP contribution in [-0.2, 0) is 15.8 Å².